The van der Waals surface area contributed by atoms with Crippen molar-refractivity contribution in [2.24, 2.45) is 0 Å². The molecule has 0 aliphatic carbocycles. The highest BCUT2D eigenvalue weighted by Gasteiger charge is 1.91. The Bertz CT molecular complexity index is 271. The zero-order chi connectivity index (χ0) is 8.81. The van der Waals surface area contributed by atoms with Crippen LogP contribution in [0, 0.1) is 0 Å². The van der Waals surface area contributed by atoms with Gasteiger partial charge in [0.05, 0.1) is 0 Å². The molecular formula is C9H11ClN2. The molecule has 0 radical (unpaired) electrons. The standard InChI is InChI=1S/C9H11ClN2/c10-6-2-1-4-8-5-3-7-12-9(8)11/h1,3-5,7H,2,6H2,(H2,11,12). The topological polar surface area (TPSA) is 38.9 Å². The first-order chi connectivity index (χ1) is 5.84. The second-order valence-corrected chi connectivity index (χ2v) is 2.74. The first-order valence-electron chi connectivity index (χ1n) is 3.77. The molecule has 0 atom stereocenters. The molecule has 1 rings (SSSR count). The van der Waals surface area contributed by atoms with E-state index in [1.54, 1.807) is 6.20 Å². The Labute approximate surface area is 77.1 Å². The van der Waals surface area contributed by atoms with Crippen molar-refractivity contribution in [1.29, 1.82) is 0 Å². The van der Waals surface area contributed by atoms with E-state index in [-0.39, 0.29) is 0 Å². The number of anilines is 1. The van der Waals surface area contributed by atoms with Gasteiger partial charge in [-0.2, -0.15) is 0 Å². The van der Waals surface area contributed by atoms with Crippen LogP contribution in [0.2, 0.25) is 0 Å². The lowest BCUT2D eigenvalue weighted by atomic mass is 10.2. The highest BCUT2D eigenvalue weighted by atomic mass is 35.5. The zero-order valence-electron chi connectivity index (χ0n) is 6.70. The maximum absolute atomic E-state index is 5.61. The van der Waals surface area contributed by atoms with Gasteiger partial charge in [0.25, 0.3) is 0 Å². The minimum atomic E-state index is 0.559. The Morgan fingerprint density at radius 2 is 2.42 bits per heavy atom. The lowest BCUT2D eigenvalue weighted by Crippen LogP contribution is -1.91. The van der Waals surface area contributed by atoms with E-state index in [0.717, 1.165) is 12.0 Å². The van der Waals surface area contributed by atoms with Crippen molar-refractivity contribution in [3.63, 3.8) is 0 Å². The van der Waals surface area contributed by atoms with Crippen LogP contribution < -0.4 is 5.73 Å². The fourth-order valence-electron chi connectivity index (χ4n) is 0.844. The molecule has 1 heterocycles. The van der Waals surface area contributed by atoms with E-state index in [0.29, 0.717) is 11.7 Å². The highest BCUT2D eigenvalue weighted by Crippen LogP contribution is 2.09. The van der Waals surface area contributed by atoms with Gasteiger partial charge in [0.15, 0.2) is 0 Å². The maximum Gasteiger partial charge on any atom is 0.130 e. The minimum Gasteiger partial charge on any atom is -0.383 e. The SMILES string of the molecule is Nc1ncccc1C=CCCCl. The molecule has 2 nitrogen and oxygen atoms in total. The zero-order valence-corrected chi connectivity index (χ0v) is 7.46. The number of pyridine rings is 1. The molecule has 0 saturated carbocycles. The van der Waals surface area contributed by atoms with Crippen molar-refractivity contribution in [3.8, 4) is 0 Å². The second kappa shape index (κ2) is 4.78. The van der Waals surface area contributed by atoms with Gasteiger partial charge in [-0.3, -0.25) is 0 Å². The quantitative estimate of drug-likeness (QED) is 0.729. The van der Waals surface area contributed by atoms with Crippen molar-refractivity contribution >= 4 is 23.5 Å². The third kappa shape index (κ3) is 2.55. The van der Waals surface area contributed by atoms with Crippen LogP contribution in [0.1, 0.15) is 12.0 Å². The average Bonchev–Trinajstić information content (AvgIpc) is 2.09. The molecule has 12 heavy (non-hydrogen) atoms. The number of allylic oxidation sites excluding steroid dienone is 1. The smallest absolute Gasteiger partial charge is 0.130 e. The third-order valence-electron chi connectivity index (χ3n) is 1.44. The molecule has 1 aromatic rings. The van der Waals surface area contributed by atoms with Crippen molar-refractivity contribution in [2.45, 2.75) is 6.42 Å². The summed E-state index contributed by atoms with van der Waals surface area (Å²) in [5.41, 5.74) is 6.55. The summed E-state index contributed by atoms with van der Waals surface area (Å²) in [4.78, 5) is 3.95. The number of nitrogen functional groups attached to an aromatic ring is 1. The summed E-state index contributed by atoms with van der Waals surface area (Å²) in [5, 5.41) is 0. The second-order valence-electron chi connectivity index (χ2n) is 2.36. The summed E-state index contributed by atoms with van der Waals surface area (Å²) in [6.45, 7) is 0. The lowest BCUT2D eigenvalue weighted by molar-refractivity contribution is 1.24. The number of nitrogens with two attached hydrogens (primary N) is 1. The molecule has 0 unspecified atom stereocenters. The van der Waals surface area contributed by atoms with Crippen LogP contribution in [-0.2, 0) is 0 Å². The van der Waals surface area contributed by atoms with Crippen molar-refractivity contribution in [1.82, 2.24) is 4.98 Å². The summed E-state index contributed by atoms with van der Waals surface area (Å²) in [7, 11) is 0. The molecule has 0 aliphatic rings. The van der Waals surface area contributed by atoms with E-state index in [9.17, 15) is 0 Å². The van der Waals surface area contributed by atoms with Crippen molar-refractivity contribution in [3.05, 3.63) is 30.0 Å². The highest BCUT2D eigenvalue weighted by molar-refractivity contribution is 6.17. The van der Waals surface area contributed by atoms with Gasteiger partial charge in [0.2, 0.25) is 0 Å². The summed E-state index contributed by atoms with van der Waals surface area (Å²) in [5.74, 6) is 1.19. The van der Waals surface area contributed by atoms with Crippen molar-refractivity contribution < 1.29 is 0 Å². The number of aromatic nitrogens is 1. The molecule has 0 amide bonds. The van der Waals surface area contributed by atoms with Crippen molar-refractivity contribution in [2.75, 3.05) is 11.6 Å². The van der Waals surface area contributed by atoms with Crippen LogP contribution in [-0.4, -0.2) is 10.9 Å². The molecule has 0 saturated heterocycles. The summed E-state index contributed by atoms with van der Waals surface area (Å²) in [6, 6.07) is 3.78. The first-order valence-corrected chi connectivity index (χ1v) is 4.31. The van der Waals surface area contributed by atoms with Crippen LogP contribution in [0.15, 0.2) is 24.4 Å². The van der Waals surface area contributed by atoms with E-state index in [1.807, 2.05) is 24.3 Å². The van der Waals surface area contributed by atoms with Crippen LogP contribution in [0.4, 0.5) is 5.82 Å². The van der Waals surface area contributed by atoms with Gasteiger partial charge in [0.1, 0.15) is 5.82 Å². The maximum atomic E-state index is 5.61. The van der Waals surface area contributed by atoms with Crippen LogP contribution in [0.5, 0.6) is 0 Å². The Morgan fingerprint density at radius 1 is 1.58 bits per heavy atom. The summed E-state index contributed by atoms with van der Waals surface area (Å²) in [6.07, 6.45) is 6.45. The van der Waals surface area contributed by atoms with Gasteiger partial charge >= 0.3 is 0 Å². The van der Waals surface area contributed by atoms with Crippen LogP contribution in [0.25, 0.3) is 6.08 Å². The van der Waals surface area contributed by atoms with E-state index in [4.69, 9.17) is 17.3 Å². The normalized spacial score (nSPS) is 10.8. The molecule has 0 fully saturated rings. The number of halogens is 1. The molecule has 3 heteroatoms. The lowest BCUT2D eigenvalue weighted by Gasteiger charge is -1.96. The fourth-order valence-corrected chi connectivity index (χ4v) is 0.970. The number of hydrogen-bond acceptors (Lipinski definition) is 2. The molecule has 0 aliphatic heterocycles. The third-order valence-corrected chi connectivity index (χ3v) is 1.66. The molecule has 2 N–H and O–H groups in total. The predicted molar refractivity (Wildman–Crippen MR) is 53.0 cm³/mol. The Hall–Kier alpha value is -1.02. The number of hydrogen-bond donors (Lipinski definition) is 1. The largest absolute Gasteiger partial charge is 0.383 e. The van der Waals surface area contributed by atoms with Gasteiger partial charge in [-0.05, 0) is 18.6 Å². The van der Waals surface area contributed by atoms with Gasteiger partial charge in [-0.1, -0.05) is 12.2 Å². The Morgan fingerprint density at radius 3 is 3.08 bits per heavy atom. The van der Waals surface area contributed by atoms with Crippen LogP contribution >= 0.6 is 11.6 Å². The Kier molecular flexibility index (Phi) is 3.61. The molecule has 0 spiro atoms. The molecule has 0 bridgehead atoms. The molecule has 1 aromatic heterocycles. The van der Waals surface area contributed by atoms with Gasteiger partial charge in [-0.15, -0.1) is 11.6 Å². The van der Waals surface area contributed by atoms with E-state index >= 15 is 0 Å². The molecular weight excluding hydrogens is 172 g/mol. The predicted octanol–water partition coefficient (Wildman–Crippen LogP) is 2.31. The van der Waals surface area contributed by atoms with Gasteiger partial charge in [0, 0.05) is 17.6 Å². The van der Waals surface area contributed by atoms with E-state index in [1.165, 1.54) is 0 Å². The molecule has 64 valence electrons. The molecule has 0 aromatic carbocycles. The van der Waals surface area contributed by atoms with Gasteiger partial charge < -0.3 is 5.73 Å². The Balaban J connectivity index is 2.68. The monoisotopic (exact) mass is 182 g/mol. The first kappa shape index (κ1) is 9.07. The average molecular weight is 183 g/mol. The summed E-state index contributed by atoms with van der Waals surface area (Å²) < 4.78 is 0. The summed E-state index contributed by atoms with van der Waals surface area (Å²) >= 11 is 5.51. The van der Waals surface area contributed by atoms with E-state index < -0.39 is 0 Å². The number of rotatable bonds is 3. The number of nitrogens with zero attached hydrogens (tertiary/aromatic N) is 1. The van der Waals surface area contributed by atoms with Gasteiger partial charge in [-0.25, -0.2) is 4.98 Å². The fraction of sp³-hybridized carbons (Fsp3) is 0.222. The van der Waals surface area contributed by atoms with E-state index in [2.05, 4.69) is 4.98 Å². The van der Waals surface area contributed by atoms with Crippen LogP contribution in [0.3, 0.4) is 0 Å². The number of alkyl halides is 1. The minimum absolute atomic E-state index is 0.559.